The summed E-state index contributed by atoms with van der Waals surface area (Å²) < 4.78 is 14.1. The molecule has 0 amide bonds. The van der Waals surface area contributed by atoms with Gasteiger partial charge in [-0.1, -0.05) is 12.1 Å². The van der Waals surface area contributed by atoms with Crippen LogP contribution in [0.25, 0.3) is 0 Å². The molecule has 0 spiro atoms. The van der Waals surface area contributed by atoms with E-state index in [0.29, 0.717) is 70.0 Å². The van der Waals surface area contributed by atoms with Gasteiger partial charge in [-0.15, -0.1) is 0 Å². The number of rotatable bonds is 8. The molecule has 0 atom stereocenters. The topological polar surface area (TPSA) is 149 Å². The van der Waals surface area contributed by atoms with Crippen molar-refractivity contribution in [2.45, 2.75) is 155 Å². The van der Waals surface area contributed by atoms with E-state index in [2.05, 4.69) is 52.1 Å². The fraction of sp³-hybridized carbons (Fsp3) is 0.634. The number of carbonyl (C=O) groups excluding carboxylic acids is 2. The number of pyridine rings is 2. The number of carbonyl (C=O) groups is 2. The summed E-state index contributed by atoms with van der Waals surface area (Å²) in [6.07, 6.45) is 7.07. The highest BCUT2D eigenvalue weighted by atomic mass is 79.9. The lowest BCUT2D eigenvalue weighted by atomic mass is 9.70. The van der Waals surface area contributed by atoms with Gasteiger partial charge in [0.05, 0.1) is 34.8 Å². The zero-order valence-electron chi connectivity index (χ0n) is 33.0. The predicted octanol–water partition coefficient (Wildman–Crippen LogP) is 8.23. The van der Waals surface area contributed by atoms with Gasteiger partial charge in [-0.05, 0) is 154 Å². The van der Waals surface area contributed by atoms with Crippen LogP contribution < -0.4 is 5.32 Å². The molecule has 12 heteroatoms. The number of aliphatic hydroxyl groups is 2. The molecule has 2 aliphatic carbocycles. The van der Waals surface area contributed by atoms with Gasteiger partial charge in [0.2, 0.25) is 0 Å². The molecule has 0 radical (unpaired) electrons. The van der Waals surface area contributed by atoms with Gasteiger partial charge in [-0.3, -0.25) is 9.59 Å². The maximum Gasteiger partial charge on any atom is 0.312 e. The van der Waals surface area contributed by atoms with E-state index in [4.69, 9.17) is 14.5 Å². The third-order valence-corrected chi connectivity index (χ3v) is 10.1. The average Bonchev–Trinajstić information content (AvgIpc) is 3.51. The van der Waals surface area contributed by atoms with Crippen LogP contribution in [0.4, 0.5) is 11.6 Å². The van der Waals surface area contributed by atoms with Crippen molar-refractivity contribution in [2.75, 3.05) is 5.32 Å². The molecular weight excluding hydrogens is 738 g/mol. The van der Waals surface area contributed by atoms with Crippen molar-refractivity contribution >= 4 is 39.5 Å². The standard InChI is InChI=1S/C24H36N4O3.C17H24BrNO3/c1-22(2,3)28-20(12-15-25-28)27-19-9-7-8-17(26-19)16-24(13-10-18(29)11-14-24)21(30)31-23(4,5)6;1-16(2,3)22-15(21)17(9-7-13(20)8-10-17)11-12-5-4-6-14(18)19-12/h7-9,12,15,18,29H,10-11,13-14,16H2,1-6H3,(H,26,27);4-6,13,20H,7-11H2,1-3H3. The number of halogens is 1. The highest BCUT2D eigenvalue weighted by Crippen LogP contribution is 2.43. The monoisotopic (exact) mass is 797 g/mol. The third kappa shape index (κ3) is 12.3. The summed E-state index contributed by atoms with van der Waals surface area (Å²) >= 11 is 3.37. The Labute approximate surface area is 323 Å². The third-order valence-electron chi connectivity index (χ3n) is 9.64. The van der Waals surface area contributed by atoms with Crippen LogP contribution >= 0.6 is 15.9 Å². The molecule has 11 nitrogen and oxygen atoms in total. The SMILES string of the molecule is CC(C)(C)OC(=O)C1(Cc2cccc(Br)n2)CCC(O)CC1.CC(C)(C)OC(=O)C1(Cc2cccc(Nc3ccnn3C(C)(C)C)n2)CCC(O)CC1. The van der Waals surface area contributed by atoms with Gasteiger partial charge in [0.1, 0.15) is 27.4 Å². The van der Waals surface area contributed by atoms with Crippen molar-refractivity contribution in [2.24, 2.45) is 10.8 Å². The molecule has 0 aromatic carbocycles. The Morgan fingerprint density at radius 2 is 1.21 bits per heavy atom. The summed E-state index contributed by atoms with van der Waals surface area (Å²) in [4.78, 5) is 35.2. The molecule has 292 valence electrons. The van der Waals surface area contributed by atoms with Crippen molar-refractivity contribution in [3.05, 3.63) is 64.7 Å². The minimum absolute atomic E-state index is 0.160. The molecule has 3 heterocycles. The van der Waals surface area contributed by atoms with E-state index < -0.39 is 22.0 Å². The molecule has 0 aliphatic heterocycles. The molecule has 3 N–H and O–H groups in total. The van der Waals surface area contributed by atoms with Crippen LogP contribution in [0.15, 0.2) is 53.3 Å². The first-order valence-corrected chi connectivity index (χ1v) is 19.6. The fourth-order valence-corrected chi connectivity index (χ4v) is 7.32. The second kappa shape index (κ2) is 17.0. The van der Waals surface area contributed by atoms with Gasteiger partial charge >= 0.3 is 11.9 Å². The van der Waals surface area contributed by atoms with Crippen LogP contribution in [0, 0.1) is 10.8 Å². The highest BCUT2D eigenvalue weighted by Gasteiger charge is 2.46. The first kappa shape index (κ1) is 42.4. The molecule has 0 unspecified atom stereocenters. The van der Waals surface area contributed by atoms with Crippen LogP contribution in [0.3, 0.4) is 0 Å². The molecular formula is C41H60BrN5O6. The lowest BCUT2D eigenvalue weighted by molar-refractivity contribution is -0.172. The number of nitrogens with one attached hydrogen (secondary N) is 1. The molecule has 2 saturated carbocycles. The van der Waals surface area contributed by atoms with Crippen LogP contribution in [0.2, 0.25) is 0 Å². The molecule has 53 heavy (non-hydrogen) atoms. The Balaban J connectivity index is 0.000000251. The maximum atomic E-state index is 13.2. The van der Waals surface area contributed by atoms with Gasteiger partial charge < -0.3 is 25.0 Å². The molecule has 0 bridgehead atoms. The predicted molar refractivity (Wildman–Crippen MR) is 210 cm³/mol. The summed E-state index contributed by atoms with van der Waals surface area (Å²) in [5.41, 5.74) is -0.767. The number of aliphatic hydroxyl groups excluding tert-OH is 2. The summed E-state index contributed by atoms with van der Waals surface area (Å²) in [5, 5.41) is 27.6. The van der Waals surface area contributed by atoms with E-state index >= 15 is 0 Å². The zero-order valence-corrected chi connectivity index (χ0v) is 34.6. The Morgan fingerprint density at radius 3 is 1.64 bits per heavy atom. The van der Waals surface area contributed by atoms with E-state index in [1.54, 1.807) is 6.20 Å². The van der Waals surface area contributed by atoms with Crippen molar-refractivity contribution < 1.29 is 29.3 Å². The normalized spacial score (nSPS) is 23.7. The largest absolute Gasteiger partial charge is 0.460 e. The lowest BCUT2D eigenvalue weighted by Crippen LogP contribution is -2.43. The average molecular weight is 799 g/mol. The van der Waals surface area contributed by atoms with E-state index in [0.717, 1.165) is 21.8 Å². The minimum atomic E-state index is -0.661. The molecule has 5 rings (SSSR count). The second-order valence-corrected chi connectivity index (χ2v) is 18.6. The Morgan fingerprint density at radius 1 is 0.755 bits per heavy atom. The highest BCUT2D eigenvalue weighted by molar-refractivity contribution is 9.10. The van der Waals surface area contributed by atoms with Crippen molar-refractivity contribution in [1.29, 1.82) is 0 Å². The Kier molecular flexibility index (Phi) is 13.6. The van der Waals surface area contributed by atoms with Gasteiger partial charge in [0, 0.05) is 30.3 Å². The number of anilines is 2. The maximum absolute atomic E-state index is 13.2. The molecule has 0 saturated heterocycles. The summed E-state index contributed by atoms with van der Waals surface area (Å²) in [5.74, 6) is 1.20. The number of aromatic nitrogens is 4. The Bertz CT molecular complexity index is 1670. The van der Waals surface area contributed by atoms with Crippen LogP contribution in [0.1, 0.15) is 125 Å². The zero-order chi connectivity index (χ0) is 39.2. The second-order valence-electron chi connectivity index (χ2n) is 17.8. The first-order chi connectivity index (χ1) is 24.6. The summed E-state index contributed by atoms with van der Waals surface area (Å²) in [7, 11) is 0. The first-order valence-electron chi connectivity index (χ1n) is 18.8. The smallest absolute Gasteiger partial charge is 0.312 e. The van der Waals surface area contributed by atoms with Crippen molar-refractivity contribution in [1.82, 2.24) is 19.7 Å². The van der Waals surface area contributed by atoms with Crippen molar-refractivity contribution in [3.63, 3.8) is 0 Å². The van der Waals surface area contributed by atoms with E-state index in [1.165, 1.54) is 0 Å². The molecule has 3 aromatic rings. The van der Waals surface area contributed by atoms with Crippen LogP contribution in [-0.4, -0.2) is 65.3 Å². The number of nitrogens with zero attached hydrogens (tertiary/aromatic N) is 4. The van der Waals surface area contributed by atoms with Gasteiger partial charge in [-0.2, -0.15) is 5.10 Å². The van der Waals surface area contributed by atoms with Gasteiger partial charge in [0.15, 0.2) is 0 Å². The molecule has 2 fully saturated rings. The van der Waals surface area contributed by atoms with Crippen LogP contribution in [0.5, 0.6) is 0 Å². The quantitative estimate of drug-likeness (QED) is 0.150. The fourth-order valence-electron chi connectivity index (χ4n) is 6.94. The number of ether oxygens (including phenoxy) is 2. The molecule has 3 aromatic heterocycles. The number of hydrogen-bond acceptors (Lipinski definition) is 10. The minimum Gasteiger partial charge on any atom is -0.460 e. The summed E-state index contributed by atoms with van der Waals surface area (Å²) in [6, 6.07) is 13.5. The number of esters is 2. The summed E-state index contributed by atoms with van der Waals surface area (Å²) in [6.45, 7) is 17.6. The number of hydrogen-bond donors (Lipinski definition) is 3. The van der Waals surface area contributed by atoms with E-state index in [9.17, 15) is 19.8 Å². The Hall–Kier alpha value is -3.35. The van der Waals surface area contributed by atoms with Crippen molar-refractivity contribution in [3.8, 4) is 0 Å². The molecule has 2 aliphatic rings. The van der Waals surface area contributed by atoms with E-state index in [1.807, 2.05) is 88.7 Å². The van der Waals surface area contributed by atoms with E-state index in [-0.39, 0.29) is 29.7 Å². The lowest BCUT2D eigenvalue weighted by Gasteiger charge is -2.38. The van der Waals surface area contributed by atoms with Gasteiger partial charge in [0.25, 0.3) is 0 Å². The van der Waals surface area contributed by atoms with Crippen LogP contribution in [-0.2, 0) is 37.4 Å². The van der Waals surface area contributed by atoms with Gasteiger partial charge in [-0.25, -0.2) is 14.6 Å².